The maximum absolute atomic E-state index is 12.4. The number of methoxy groups -OCH3 is 1. The second kappa shape index (κ2) is 5.42. The average molecular weight is 316 g/mol. The lowest BCUT2D eigenvalue weighted by molar-refractivity contribution is 0.102. The second-order valence-electron chi connectivity index (χ2n) is 5.13. The number of rotatable bonds is 3. The summed E-state index contributed by atoms with van der Waals surface area (Å²) < 4.78 is 7.73. The van der Waals surface area contributed by atoms with E-state index < -0.39 is 0 Å². The van der Waals surface area contributed by atoms with Crippen molar-refractivity contribution < 1.29 is 9.53 Å². The van der Waals surface area contributed by atoms with Crippen LogP contribution >= 0.6 is 11.3 Å². The number of ether oxygens (including phenoxy) is 1. The third-order valence-electron chi connectivity index (χ3n) is 3.27. The van der Waals surface area contributed by atoms with Gasteiger partial charge in [0, 0.05) is 13.2 Å². The van der Waals surface area contributed by atoms with Gasteiger partial charge in [-0.05, 0) is 31.0 Å². The third kappa shape index (κ3) is 2.55. The first-order valence-electron chi connectivity index (χ1n) is 6.74. The van der Waals surface area contributed by atoms with Gasteiger partial charge in [0.25, 0.3) is 5.91 Å². The van der Waals surface area contributed by atoms with Gasteiger partial charge in [0.1, 0.15) is 5.56 Å². The number of nitrogens with one attached hydrogen (secondary N) is 1. The highest BCUT2D eigenvalue weighted by molar-refractivity contribution is 7.22. The fraction of sp³-hybridized carbons (Fsp3) is 0.267. The normalized spacial score (nSPS) is 10.9. The van der Waals surface area contributed by atoms with Crippen molar-refractivity contribution in [1.29, 1.82) is 0 Å². The fourth-order valence-electron chi connectivity index (χ4n) is 2.37. The molecule has 0 unspecified atom stereocenters. The topological polar surface area (TPSA) is 69.0 Å². The Kier molecular flexibility index (Phi) is 3.58. The number of nitrogens with zero attached hydrogens (tertiary/aromatic N) is 3. The molecule has 0 saturated carbocycles. The van der Waals surface area contributed by atoms with Crippen LogP contribution in [0.3, 0.4) is 0 Å². The van der Waals surface area contributed by atoms with Crippen molar-refractivity contribution in [1.82, 2.24) is 14.8 Å². The SMILES string of the molecule is COc1nn(C)cc1C(=O)Nc1nc2cc(C)cc(C)c2s1. The number of aryl methyl sites for hydroxylation is 3. The number of hydrogen-bond donors (Lipinski definition) is 1. The molecule has 22 heavy (non-hydrogen) atoms. The molecule has 0 aliphatic carbocycles. The fourth-order valence-corrected chi connectivity index (χ4v) is 3.28. The molecule has 0 atom stereocenters. The van der Waals surface area contributed by atoms with Gasteiger partial charge in [-0.3, -0.25) is 14.8 Å². The van der Waals surface area contributed by atoms with Crippen LogP contribution in [0.5, 0.6) is 5.88 Å². The lowest BCUT2D eigenvalue weighted by atomic mass is 10.1. The zero-order chi connectivity index (χ0) is 15.9. The van der Waals surface area contributed by atoms with Crippen LogP contribution in [0.4, 0.5) is 5.13 Å². The Balaban J connectivity index is 1.92. The minimum Gasteiger partial charge on any atom is -0.479 e. The Morgan fingerprint density at radius 2 is 2.14 bits per heavy atom. The minimum absolute atomic E-state index is 0.279. The summed E-state index contributed by atoms with van der Waals surface area (Å²) in [7, 11) is 3.23. The summed E-state index contributed by atoms with van der Waals surface area (Å²) >= 11 is 1.46. The number of carbonyl (C=O) groups is 1. The summed E-state index contributed by atoms with van der Waals surface area (Å²) in [6.07, 6.45) is 1.62. The van der Waals surface area contributed by atoms with Crippen LogP contribution in [-0.4, -0.2) is 27.8 Å². The van der Waals surface area contributed by atoms with E-state index >= 15 is 0 Å². The van der Waals surface area contributed by atoms with Crippen LogP contribution in [0.15, 0.2) is 18.3 Å². The van der Waals surface area contributed by atoms with E-state index in [2.05, 4.69) is 21.5 Å². The van der Waals surface area contributed by atoms with E-state index in [0.29, 0.717) is 16.6 Å². The largest absolute Gasteiger partial charge is 0.479 e. The molecule has 0 fully saturated rings. The first kappa shape index (κ1) is 14.5. The number of aromatic nitrogens is 3. The van der Waals surface area contributed by atoms with Gasteiger partial charge in [0.2, 0.25) is 5.88 Å². The van der Waals surface area contributed by atoms with E-state index in [1.54, 1.807) is 17.9 Å². The maximum Gasteiger partial charge on any atom is 0.264 e. The third-order valence-corrected chi connectivity index (χ3v) is 4.40. The molecule has 0 aliphatic rings. The Labute approximate surface area is 131 Å². The molecule has 3 rings (SSSR count). The highest BCUT2D eigenvalue weighted by Gasteiger charge is 2.18. The van der Waals surface area contributed by atoms with Crippen molar-refractivity contribution in [3.63, 3.8) is 0 Å². The summed E-state index contributed by atoms with van der Waals surface area (Å²) in [6, 6.07) is 4.12. The van der Waals surface area contributed by atoms with E-state index in [9.17, 15) is 4.79 Å². The van der Waals surface area contributed by atoms with Crippen molar-refractivity contribution in [2.24, 2.45) is 7.05 Å². The first-order valence-corrected chi connectivity index (χ1v) is 7.56. The quantitative estimate of drug-likeness (QED) is 0.806. The summed E-state index contributed by atoms with van der Waals surface area (Å²) in [5.41, 5.74) is 3.60. The Bertz CT molecular complexity index is 866. The van der Waals surface area contributed by atoms with E-state index in [0.717, 1.165) is 21.3 Å². The van der Waals surface area contributed by atoms with Crippen LogP contribution in [0.25, 0.3) is 10.2 Å². The van der Waals surface area contributed by atoms with Gasteiger partial charge in [-0.25, -0.2) is 4.98 Å². The minimum atomic E-state index is -0.279. The van der Waals surface area contributed by atoms with Gasteiger partial charge >= 0.3 is 0 Å². The van der Waals surface area contributed by atoms with Crippen molar-refractivity contribution in [3.8, 4) is 5.88 Å². The predicted molar refractivity (Wildman–Crippen MR) is 86.8 cm³/mol. The highest BCUT2D eigenvalue weighted by Crippen LogP contribution is 2.30. The number of carbonyl (C=O) groups excluding carboxylic acids is 1. The zero-order valence-corrected chi connectivity index (χ0v) is 13.6. The molecule has 7 heteroatoms. The van der Waals surface area contributed by atoms with Crippen molar-refractivity contribution in [3.05, 3.63) is 35.0 Å². The standard InChI is InChI=1S/C15H16N4O2S/c1-8-5-9(2)12-11(6-8)16-15(22-12)17-13(20)10-7-19(3)18-14(10)21-4/h5-7H,1-4H3,(H,16,17,20). The van der Waals surface area contributed by atoms with Gasteiger partial charge in [-0.15, -0.1) is 5.10 Å². The molecule has 1 aromatic carbocycles. The van der Waals surface area contributed by atoms with Gasteiger partial charge in [-0.2, -0.15) is 0 Å². The number of amides is 1. The number of fused-ring (bicyclic) bond motifs is 1. The van der Waals surface area contributed by atoms with Gasteiger partial charge in [0.15, 0.2) is 5.13 Å². The van der Waals surface area contributed by atoms with Gasteiger partial charge < -0.3 is 4.74 Å². The smallest absolute Gasteiger partial charge is 0.264 e. The summed E-state index contributed by atoms with van der Waals surface area (Å²) in [5, 5.41) is 7.46. The molecule has 0 aliphatic heterocycles. The van der Waals surface area contributed by atoms with Crippen molar-refractivity contribution in [2.75, 3.05) is 12.4 Å². The zero-order valence-electron chi connectivity index (χ0n) is 12.8. The molecular formula is C15H16N4O2S. The second-order valence-corrected chi connectivity index (χ2v) is 6.13. The van der Waals surface area contributed by atoms with Crippen LogP contribution in [0.1, 0.15) is 21.5 Å². The number of benzene rings is 1. The lowest BCUT2D eigenvalue weighted by Gasteiger charge is -2.00. The van der Waals surface area contributed by atoms with E-state index in [4.69, 9.17) is 4.74 Å². The molecule has 0 saturated heterocycles. The lowest BCUT2D eigenvalue weighted by Crippen LogP contribution is -2.12. The van der Waals surface area contributed by atoms with Gasteiger partial charge in [-0.1, -0.05) is 17.4 Å². The van der Waals surface area contributed by atoms with E-state index in [-0.39, 0.29) is 5.91 Å². The highest BCUT2D eigenvalue weighted by atomic mass is 32.1. The molecule has 114 valence electrons. The Hall–Kier alpha value is -2.41. The van der Waals surface area contributed by atoms with E-state index in [1.807, 2.05) is 19.9 Å². The summed E-state index contributed by atoms with van der Waals surface area (Å²) in [5.74, 6) is 0.0199. The number of hydrogen-bond acceptors (Lipinski definition) is 5. The molecule has 0 spiro atoms. The molecule has 6 nitrogen and oxygen atoms in total. The Morgan fingerprint density at radius 3 is 2.86 bits per heavy atom. The molecular weight excluding hydrogens is 300 g/mol. The average Bonchev–Trinajstić information content (AvgIpc) is 3.01. The molecule has 2 heterocycles. The maximum atomic E-state index is 12.4. The van der Waals surface area contributed by atoms with Crippen LogP contribution < -0.4 is 10.1 Å². The molecule has 0 bridgehead atoms. The first-order chi connectivity index (χ1) is 10.5. The van der Waals surface area contributed by atoms with Crippen LogP contribution in [-0.2, 0) is 7.05 Å². The number of thiazole rings is 1. The van der Waals surface area contributed by atoms with Crippen LogP contribution in [0.2, 0.25) is 0 Å². The van der Waals surface area contributed by atoms with E-state index in [1.165, 1.54) is 18.4 Å². The molecule has 0 radical (unpaired) electrons. The van der Waals surface area contributed by atoms with Gasteiger partial charge in [0.05, 0.1) is 17.3 Å². The number of anilines is 1. The van der Waals surface area contributed by atoms with Crippen LogP contribution in [0, 0.1) is 13.8 Å². The monoisotopic (exact) mass is 316 g/mol. The molecule has 3 aromatic rings. The Morgan fingerprint density at radius 1 is 1.36 bits per heavy atom. The summed E-state index contributed by atoms with van der Waals surface area (Å²) in [4.78, 5) is 16.8. The summed E-state index contributed by atoms with van der Waals surface area (Å²) in [6.45, 7) is 4.08. The predicted octanol–water partition coefficient (Wildman–Crippen LogP) is 2.91. The van der Waals surface area contributed by atoms with Crippen molar-refractivity contribution >= 4 is 32.6 Å². The molecule has 1 N–H and O–H groups in total. The molecule has 1 amide bonds. The molecule has 2 aromatic heterocycles. The van der Waals surface area contributed by atoms with Crippen molar-refractivity contribution in [2.45, 2.75) is 13.8 Å².